The van der Waals surface area contributed by atoms with Crippen molar-refractivity contribution in [3.63, 3.8) is 0 Å². The zero-order chi connectivity index (χ0) is 6.69. The summed E-state index contributed by atoms with van der Waals surface area (Å²) in [4.78, 5) is 0. The minimum absolute atomic E-state index is 1.22. The van der Waals surface area contributed by atoms with Crippen LogP contribution in [0.15, 0.2) is 5.10 Å². The quantitative estimate of drug-likeness (QED) is 0.486. The van der Waals surface area contributed by atoms with Gasteiger partial charge in [-0.3, -0.25) is 0 Å². The number of hydrazone groups is 1. The van der Waals surface area contributed by atoms with Crippen molar-refractivity contribution in [3.8, 4) is 0 Å². The Labute approximate surface area is 56.5 Å². The molecule has 52 valence electrons. The summed E-state index contributed by atoms with van der Waals surface area (Å²) in [6.45, 7) is 0. The molecule has 0 aromatic heterocycles. The van der Waals surface area contributed by atoms with Gasteiger partial charge in [0, 0.05) is 19.8 Å². The summed E-state index contributed by atoms with van der Waals surface area (Å²) < 4.78 is 0. The molecule has 0 spiro atoms. The van der Waals surface area contributed by atoms with E-state index >= 15 is 0 Å². The first-order valence-corrected chi connectivity index (χ1v) is 3.53. The molecule has 0 saturated heterocycles. The average Bonchev–Trinajstić information content (AvgIpc) is 2.15. The van der Waals surface area contributed by atoms with E-state index in [1.165, 1.54) is 31.4 Å². The number of rotatable bonds is 1. The van der Waals surface area contributed by atoms with Crippen LogP contribution in [0.3, 0.4) is 0 Å². The van der Waals surface area contributed by atoms with Gasteiger partial charge in [0.2, 0.25) is 0 Å². The zero-order valence-corrected chi connectivity index (χ0v) is 6.22. The smallest absolute Gasteiger partial charge is 0.0380 e. The zero-order valence-electron chi connectivity index (χ0n) is 6.22. The maximum Gasteiger partial charge on any atom is 0.0380 e. The molecule has 1 aliphatic carbocycles. The first kappa shape index (κ1) is 6.59. The molecule has 1 fully saturated rings. The number of hydrogen-bond acceptors (Lipinski definition) is 2. The Morgan fingerprint density at radius 2 is 1.78 bits per heavy atom. The van der Waals surface area contributed by atoms with Crippen LogP contribution >= 0.6 is 0 Å². The van der Waals surface area contributed by atoms with Crippen molar-refractivity contribution in [3.05, 3.63) is 0 Å². The van der Waals surface area contributed by atoms with Crippen molar-refractivity contribution in [2.75, 3.05) is 14.1 Å². The van der Waals surface area contributed by atoms with E-state index in [4.69, 9.17) is 0 Å². The predicted molar refractivity (Wildman–Crippen MR) is 39.6 cm³/mol. The second kappa shape index (κ2) is 2.85. The van der Waals surface area contributed by atoms with Gasteiger partial charge in [0.05, 0.1) is 0 Å². The van der Waals surface area contributed by atoms with Gasteiger partial charge in [-0.1, -0.05) is 0 Å². The topological polar surface area (TPSA) is 15.6 Å². The van der Waals surface area contributed by atoms with E-state index in [0.29, 0.717) is 0 Å². The summed E-state index contributed by atoms with van der Waals surface area (Å²) in [6.07, 6.45) is 5.12. The Morgan fingerprint density at radius 3 is 2.22 bits per heavy atom. The van der Waals surface area contributed by atoms with E-state index < -0.39 is 0 Å². The van der Waals surface area contributed by atoms with Crippen molar-refractivity contribution in [1.29, 1.82) is 0 Å². The van der Waals surface area contributed by atoms with E-state index in [0.717, 1.165) is 0 Å². The molecule has 1 aliphatic rings. The minimum atomic E-state index is 1.22. The van der Waals surface area contributed by atoms with Crippen LogP contribution in [0.5, 0.6) is 0 Å². The van der Waals surface area contributed by atoms with E-state index in [9.17, 15) is 0 Å². The van der Waals surface area contributed by atoms with E-state index in [-0.39, 0.29) is 0 Å². The number of nitrogens with zero attached hydrogens (tertiary/aromatic N) is 2. The van der Waals surface area contributed by atoms with E-state index in [1.807, 2.05) is 19.1 Å². The van der Waals surface area contributed by atoms with Crippen LogP contribution in [-0.2, 0) is 0 Å². The first-order valence-electron chi connectivity index (χ1n) is 3.53. The largest absolute Gasteiger partial charge is 0.303 e. The molecule has 0 amide bonds. The van der Waals surface area contributed by atoms with E-state index in [1.54, 1.807) is 0 Å². The highest BCUT2D eigenvalue weighted by atomic mass is 15.4. The summed E-state index contributed by atoms with van der Waals surface area (Å²) in [6, 6.07) is 0. The third kappa shape index (κ3) is 2.04. The lowest BCUT2D eigenvalue weighted by Gasteiger charge is -2.04. The first-order chi connectivity index (χ1) is 4.29. The molecule has 2 nitrogen and oxygen atoms in total. The second-order valence-corrected chi connectivity index (χ2v) is 2.72. The van der Waals surface area contributed by atoms with Gasteiger partial charge in [0.25, 0.3) is 0 Å². The Balaban J connectivity index is 2.39. The molecule has 0 N–H and O–H groups in total. The summed E-state index contributed by atoms with van der Waals surface area (Å²) in [5, 5.41) is 6.22. The van der Waals surface area contributed by atoms with Crippen molar-refractivity contribution >= 4 is 5.71 Å². The maximum absolute atomic E-state index is 4.33. The van der Waals surface area contributed by atoms with Crippen molar-refractivity contribution in [1.82, 2.24) is 5.01 Å². The summed E-state index contributed by atoms with van der Waals surface area (Å²) >= 11 is 0. The third-order valence-electron chi connectivity index (χ3n) is 1.52. The highest BCUT2D eigenvalue weighted by Crippen LogP contribution is 2.14. The summed E-state index contributed by atoms with van der Waals surface area (Å²) in [7, 11) is 3.96. The molecule has 0 aromatic rings. The fourth-order valence-electron chi connectivity index (χ4n) is 1.17. The molecule has 0 aliphatic heterocycles. The van der Waals surface area contributed by atoms with Crippen LogP contribution in [0, 0.1) is 0 Å². The lowest BCUT2D eigenvalue weighted by molar-refractivity contribution is 0.436. The molecule has 9 heavy (non-hydrogen) atoms. The average molecular weight is 126 g/mol. The lowest BCUT2D eigenvalue weighted by Crippen LogP contribution is -2.05. The van der Waals surface area contributed by atoms with Crippen molar-refractivity contribution < 1.29 is 0 Å². The molecule has 0 unspecified atom stereocenters. The van der Waals surface area contributed by atoms with Gasteiger partial charge in [-0.25, -0.2) is 0 Å². The van der Waals surface area contributed by atoms with Crippen LogP contribution in [-0.4, -0.2) is 24.8 Å². The van der Waals surface area contributed by atoms with Crippen LogP contribution in [0.1, 0.15) is 25.7 Å². The Bertz CT molecular complexity index is 108. The molecule has 1 rings (SSSR count). The summed E-state index contributed by atoms with van der Waals surface area (Å²) in [5.41, 5.74) is 1.38. The SMILES string of the molecule is CN(C)N=C1CCCC1. The normalized spacial score (nSPS) is 18.2. The Hall–Kier alpha value is -0.530. The fourth-order valence-corrected chi connectivity index (χ4v) is 1.17. The van der Waals surface area contributed by atoms with Gasteiger partial charge in [-0.2, -0.15) is 5.10 Å². The standard InChI is InChI=1S/C7H14N2/c1-9(2)8-7-5-3-4-6-7/h3-6H2,1-2H3. The lowest BCUT2D eigenvalue weighted by atomic mass is 10.3. The number of hydrogen-bond donors (Lipinski definition) is 0. The van der Waals surface area contributed by atoms with Gasteiger partial charge in [0.15, 0.2) is 0 Å². The van der Waals surface area contributed by atoms with Gasteiger partial charge >= 0.3 is 0 Å². The van der Waals surface area contributed by atoms with Crippen LogP contribution < -0.4 is 0 Å². The second-order valence-electron chi connectivity index (χ2n) is 2.72. The molecule has 0 bridgehead atoms. The van der Waals surface area contributed by atoms with Crippen LogP contribution in [0.25, 0.3) is 0 Å². The van der Waals surface area contributed by atoms with Gasteiger partial charge < -0.3 is 5.01 Å². The Morgan fingerprint density at radius 1 is 1.22 bits per heavy atom. The molecule has 0 aromatic carbocycles. The van der Waals surface area contributed by atoms with Crippen molar-refractivity contribution in [2.24, 2.45) is 5.10 Å². The predicted octanol–water partition coefficient (Wildman–Crippen LogP) is 1.48. The molecular weight excluding hydrogens is 112 g/mol. The monoisotopic (exact) mass is 126 g/mol. The third-order valence-corrected chi connectivity index (χ3v) is 1.52. The van der Waals surface area contributed by atoms with Gasteiger partial charge in [-0.15, -0.1) is 0 Å². The molecule has 0 atom stereocenters. The molecule has 0 heterocycles. The van der Waals surface area contributed by atoms with Gasteiger partial charge in [0.1, 0.15) is 0 Å². The van der Waals surface area contributed by atoms with Crippen LogP contribution in [0.2, 0.25) is 0 Å². The minimum Gasteiger partial charge on any atom is -0.303 e. The molecule has 1 saturated carbocycles. The summed E-state index contributed by atoms with van der Waals surface area (Å²) in [5.74, 6) is 0. The van der Waals surface area contributed by atoms with E-state index in [2.05, 4.69) is 5.10 Å². The van der Waals surface area contributed by atoms with Crippen LogP contribution in [0.4, 0.5) is 0 Å². The highest BCUT2D eigenvalue weighted by molar-refractivity contribution is 5.85. The highest BCUT2D eigenvalue weighted by Gasteiger charge is 2.07. The fraction of sp³-hybridized carbons (Fsp3) is 0.857. The maximum atomic E-state index is 4.33. The molecule has 0 radical (unpaired) electrons. The van der Waals surface area contributed by atoms with Gasteiger partial charge in [-0.05, 0) is 25.7 Å². The molecular formula is C7H14N2. The molecule has 2 heteroatoms. The van der Waals surface area contributed by atoms with Crippen molar-refractivity contribution in [2.45, 2.75) is 25.7 Å². The Kier molecular flexibility index (Phi) is 2.09.